The molecule has 1 aliphatic rings. The average molecular weight is 535 g/mol. The van der Waals surface area contributed by atoms with Gasteiger partial charge in [0.05, 0.1) is 5.69 Å². The molecule has 2 aromatic heterocycles. The molecule has 9 heteroatoms. The summed E-state index contributed by atoms with van der Waals surface area (Å²) in [4.78, 5) is 15.9. The molecule has 1 aliphatic heterocycles. The Kier molecular flexibility index (Phi) is 10.3. The largest absolute Gasteiger partial charge is 0.357 e. The maximum Gasteiger partial charge on any atom is 0.191 e. The Bertz CT molecular complexity index is 730. The van der Waals surface area contributed by atoms with Gasteiger partial charge in [-0.3, -0.25) is 4.99 Å². The average Bonchev–Trinajstić information content (AvgIpc) is 3.35. The predicted molar refractivity (Wildman–Crippen MR) is 130 cm³/mol. The molecule has 28 heavy (non-hydrogen) atoms. The lowest BCUT2D eigenvalue weighted by Crippen LogP contribution is -2.38. The van der Waals surface area contributed by atoms with Crippen molar-refractivity contribution in [3.05, 3.63) is 40.1 Å². The second kappa shape index (κ2) is 12.4. The van der Waals surface area contributed by atoms with Crippen molar-refractivity contribution in [2.24, 2.45) is 4.99 Å². The van der Waals surface area contributed by atoms with E-state index in [0.717, 1.165) is 67.9 Å². The molecule has 3 heterocycles. The van der Waals surface area contributed by atoms with Crippen molar-refractivity contribution in [2.45, 2.75) is 32.6 Å². The first-order valence-electron chi connectivity index (χ1n) is 9.56. The normalized spacial score (nSPS) is 14.1. The lowest BCUT2D eigenvalue weighted by Gasteiger charge is -2.12. The van der Waals surface area contributed by atoms with Crippen LogP contribution in [0.25, 0.3) is 0 Å². The number of guanidine groups is 1. The second-order valence-electron chi connectivity index (χ2n) is 6.49. The zero-order valence-electron chi connectivity index (χ0n) is 16.2. The molecule has 0 aromatic carbocycles. The van der Waals surface area contributed by atoms with E-state index in [1.165, 1.54) is 12.8 Å². The molecule has 1 saturated heterocycles. The van der Waals surface area contributed by atoms with Crippen LogP contribution >= 0.6 is 46.9 Å². The fourth-order valence-corrected chi connectivity index (χ4v) is 3.99. The van der Waals surface area contributed by atoms with Gasteiger partial charge >= 0.3 is 0 Å². The first kappa shape index (κ1) is 23.2. The van der Waals surface area contributed by atoms with E-state index >= 15 is 0 Å². The number of halogens is 2. The number of pyridine rings is 1. The van der Waals surface area contributed by atoms with E-state index in [1.807, 2.05) is 18.3 Å². The Hall–Kier alpha value is -1.13. The monoisotopic (exact) mass is 534 g/mol. The van der Waals surface area contributed by atoms with Crippen molar-refractivity contribution in [2.75, 3.05) is 37.6 Å². The number of nitrogens with one attached hydrogen (secondary N) is 2. The summed E-state index contributed by atoms with van der Waals surface area (Å²) in [6.45, 7) is 6.71. The van der Waals surface area contributed by atoms with Crippen LogP contribution in [0, 0.1) is 0 Å². The first-order valence-corrected chi connectivity index (χ1v) is 10.8. The predicted octanol–water partition coefficient (Wildman–Crippen LogP) is 3.75. The fraction of sp³-hybridized carbons (Fsp3) is 0.526. The standard InChI is InChI=1S/C19H27ClN6S.HI/c1-2-21-18(22-9-7-15-5-6-17(20)24-13-15)23-10-8-16-14-27-19(25-16)26-11-3-4-12-26;/h5-6,13-14H,2-4,7-12H2,1H3,(H2,21,22,23);1H. The highest BCUT2D eigenvalue weighted by Gasteiger charge is 2.15. The van der Waals surface area contributed by atoms with Crippen molar-refractivity contribution >= 4 is 58.0 Å². The van der Waals surface area contributed by atoms with Gasteiger partial charge in [0, 0.05) is 50.7 Å². The Morgan fingerprint density at radius 1 is 1.25 bits per heavy atom. The molecule has 0 aliphatic carbocycles. The van der Waals surface area contributed by atoms with E-state index < -0.39 is 0 Å². The number of nitrogens with zero attached hydrogens (tertiary/aromatic N) is 4. The van der Waals surface area contributed by atoms with Gasteiger partial charge in [0.1, 0.15) is 5.15 Å². The van der Waals surface area contributed by atoms with Crippen LogP contribution in [-0.4, -0.2) is 48.7 Å². The topological polar surface area (TPSA) is 65.4 Å². The van der Waals surface area contributed by atoms with Gasteiger partial charge in [-0.1, -0.05) is 17.7 Å². The highest BCUT2D eigenvalue weighted by molar-refractivity contribution is 14.0. The number of thiazole rings is 1. The van der Waals surface area contributed by atoms with Crippen LogP contribution < -0.4 is 15.5 Å². The van der Waals surface area contributed by atoms with E-state index in [2.05, 4.69) is 37.8 Å². The quantitative estimate of drug-likeness (QED) is 0.234. The van der Waals surface area contributed by atoms with Gasteiger partial charge in [-0.2, -0.15) is 0 Å². The minimum absolute atomic E-state index is 0. The minimum atomic E-state index is 0. The van der Waals surface area contributed by atoms with Crippen LogP contribution in [0.15, 0.2) is 28.7 Å². The van der Waals surface area contributed by atoms with Crippen molar-refractivity contribution < 1.29 is 0 Å². The lowest BCUT2D eigenvalue weighted by molar-refractivity contribution is 0.793. The van der Waals surface area contributed by atoms with Gasteiger partial charge in [0.15, 0.2) is 11.1 Å². The Morgan fingerprint density at radius 2 is 2.07 bits per heavy atom. The molecule has 0 atom stereocenters. The smallest absolute Gasteiger partial charge is 0.191 e. The molecule has 0 amide bonds. The Labute approximate surface area is 193 Å². The zero-order chi connectivity index (χ0) is 18.9. The number of aliphatic imine (C=N–C) groups is 1. The van der Waals surface area contributed by atoms with Gasteiger partial charge in [-0.05, 0) is 37.8 Å². The molecule has 6 nitrogen and oxygen atoms in total. The summed E-state index contributed by atoms with van der Waals surface area (Å²) in [5.41, 5.74) is 2.29. The summed E-state index contributed by atoms with van der Waals surface area (Å²) in [7, 11) is 0. The van der Waals surface area contributed by atoms with Crippen LogP contribution in [0.4, 0.5) is 5.13 Å². The number of hydrogen-bond acceptors (Lipinski definition) is 5. The van der Waals surface area contributed by atoms with Crippen LogP contribution in [0.5, 0.6) is 0 Å². The van der Waals surface area contributed by atoms with Crippen molar-refractivity contribution in [1.82, 2.24) is 20.6 Å². The van der Waals surface area contributed by atoms with Crippen LogP contribution in [0.1, 0.15) is 31.0 Å². The minimum Gasteiger partial charge on any atom is -0.357 e. The van der Waals surface area contributed by atoms with E-state index in [1.54, 1.807) is 11.3 Å². The van der Waals surface area contributed by atoms with Gasteiger partial charge < -0.3 is 15.5 Å². The Morgan fingerprint density at radius 3 is 2.79 bits per heavy atom. The van der Waals surface area contributed by atoms with Crippen molar-refractivity contribution in [3.8, 4) is 0 Å². The molecule has 154 valence electrons. The van der Waals surface area contributed by atoms with E-state index in [4.69, 9.17) is 16.6 Å². The van der Waals surface area contributed by atoms with Crippen LogP contribution in [0.2, 0.25) is 5.15 Å². The summed E-state index contributed by atoms with van der Waals surface area (Å²) in [5, 5.41) is 10.5. The molecular weight excluding hydrogens is 507 g/mol. The molecule has 0 radical (unpaired) electrons. The molecular formula is C19H28ClIN6S. The van der Waals surface area contributed by atoms with Crippen molar-refractivity contribution in [3.63, 3.8) is 0 Å². The van der Waals surface area contributed by atoms with E-state index in [9.17, 15) is 0 Å². The molecule has 0 saturated carbocycles. The summed E-state index contributed by atoms with van der Waals surface area (Å²) < 4.78 is 0. The highest BCUT2D eigenvalue weighted by atomic mass is 127. The van der Waals surface area contributed by atoms with E-state index in [-0.39, 0.29) is 24.0 Å². The molecule has 2 N–H and O–H groups in total. The third kappa shape index (κ3) is 7.36. The summed E-state index contributed by atoms with van der Waals surface area (Å²) >= 11 is 7.57. The number of aromatic nitrogens is 2. The van der Waals surface area contributed by atoms with Crippen LogP contribution in [0.3, 0.4) is 0 Å². The third-order valence-corrected chi connectivity index (χ3v) is 5.57. The van der Waals surface area contributed by atoms with Gasteiger partial charge in [-0.25, -0.2) is 9.97 Å². The summed E-state index contributed by atoms with van der Waals surface area (Å²) in [6.07, 6.45) is 6.11. The number of rotatable bonds is 8. The third-order valence-electron chi connectivity index (χ3n) is 4.39. The number of anilines is 1. The van der Waals surface area contributed by atoms with E-state index in [0.29, 0.717) is 5.15 Å². The van der Waals surface area contributed by atoms with Gasteiger partial charge in [-0.15, -0.1) is 35.3 Å². The summed E-state index contributed by atoms with van der Waals surface area (Å²) in [6, 6.07) is 3.82. The van der Waals surface area contributed by atoms with Crippen LogP contribution in [-0.2, 0) is 12.8 Å². The fourth-order valence-electron chi connectivity index (χ4n) is 2.97. The second-order valence-corrected chi connectivity index (χ2v) is 7.72. The van der Waals surface area contributed by atoms with Crippen molar-refractivity contribution in [1.29, 1.82) is 0 Å². The number of hydrogen-bond donors (Lipinski definition) is 2. The maximum atomic E-state index is 5.82. The molecule has 2 aromatic rings. The molecule has 1 fully saturated rings. The maximum absolute atomic E-state index is 5.82. The Balaban J connectivity index is 0.00000280. The lowest BCUT2D eigenvalue weighted by atomic mass is 10.2. The first-order chi connectivity index (χ1) is 13.2. The summed E-state index contributed by atoms with van der Waals surface area (Å²) in [5.74, 6) is 0.842. The molecule has 0 spiro atoms. The SMILES string of the molecule is CCNC(=NCCc1csc(N2CCCC2)n1)NCCc1ccc(Cl)nc1.I. The van der Waals surface area contributed by atoms with Gasteiger partial charge in [0.25, 0.3) is 0 Å². The molecule has 0 unspecified atom stereocenters. The molecule has 0 bridgehead atoms. The highest BCUT2D eigenvalue weighted by Crippen LogP contribution is 2.24. The van der Waals surface area contributed by atoms with Gasteiger partial charge in [0.2, 0.25) is 0 Å². The zero-order valence-corrected chi connectivity index (χ0v) is 20.1. The molecule has 3 rings (SSSR count).